The second kappa shape index (κ2) is 8.49. The third-order valence-corrected chi connectivity index (χ3v) is 3.57. The molecule has 1 N–H and O–H groups in total. The van der Waals surface area contributed by atoms with Crippen molar-refractivity contribution in [1.29, 1.82) is 0 Å². The summed E-state index contributed by atoms with van der Waals surface area (Å²) in [5.41, 5.74) is 1.35. The van der Waals surface area contributed by atoms with Gasteiger partial charge in [0, 0.05) is 17.9 Å². The second-order valence-electron chi connectivity index (χ2n) is 4.85. The molecule has 0 atom stereocenters. The fourth-order valence-corrected chi connectivity index (χ4v) is 2.41. The Balaban J connectivity index is 1.99. The maximum atomic E-state index is 12.4. The number of rotatable bonds is 7. The number of ether oxygens (including phenoxy) is 1. The van der Waals surface area contributed by atoms with Gasteiger partial charge in [0.2, 0.25) is 5.91 Å². The Hall–Kier alpha value is -2.34. The Morgan fingerprint density at radius 1 is 1.25 bits per heavy atom. The average molecular weight is 355 g/mol. The molecule has 0 heterocycles. The number of halogens is 3. The molecule has 2 rings (SSSR count). The minimum Gasteiger partial charge on any atom is -0.433 e. The Morgan fingerprint density at radius 3 is 2.54 bits per heavy atom. The van der Waals surface area contributed by atoms with E-state index in [9.17, 15) is 13.6 Å². The molecule has 2 aromatic carbocycles. The van der Waals surface area contributed by atoms with E-state index < -0.39 is 6.61 Å². The molecule has 4 nitrogen and oxygen atoms in total. The molecule has 0 spiro atoms. The number of anilines is 2. The fourth-order valence-electron chi connectivity index (χ4n) is 2.19. The van der Waals surface area contributed by atoms with Gasteiger partial charge < -0.3 is 15.0 Å². The first-order valence-corrected chi connectivity index (χ1v) is 7.72. The lowest BCUT2D eigenvalue weighted by Crippen LogP contribution is -2.35. The highest BCUT2D eigenvalue weighted by molar-refractivity contribution is 6.32. The van der Waals surface area contributed by atoms with E-state index in [2.05, 4.69) is 10.1 Å². The molecular formula is C17H17ClF2N2O2. The molecule has 0 unspecified atom stereocenters. The third-order valence-electron chi connectivity index (χ3n) is 3.28. The molecule has 1 amide bonds. The number of nitrogens with zero attached hydrogens (tertiary/aromatic N) is 1. The van der Waals surface area contributed by atoms with E-state index in [0.29, 0.717) is 12.2 Å². The topological polar surface area (TPSA) is 41.6 Å². The van der Waals surface area contributed by atoms with Gasteiger partial charge in [0.05, 0.1) is 11.6 Å². The normalized spacial score (nSPS) is 10.5. The summed E-state index contributed by atoms with van der Waals surface area (Å²) in [6, 6.07) is 13.6. The maximum Gasteiger partial charge on any atom is 0.387 e. The zero-order chi connectivity index (χ0) is 17.5. The molecule has 7 heteroatoms. The number of para-hydroxylation sites is 1. The van der Waals surface area contributed by atoms with Crippen molar-refractivity contribution in [2.45, 2.75) is 13.5 Å². The Morgan fingerprint density at radius 2 is 1.96 bits per heavy atom. The van der Waals surface area contributed by atoms with Crippen LogP contribution in [0.4, 0.5) is 20.2 Å². The smallest absolute Gasteiger partial charge is 0.387 e. The molecule has 2 aromatic rings. The zero-order valence-electron chi connectivity index (χ0n) is 13.0. The number of alkyl halides is 2. The third kappa shape index (κ3) is 4.83. The number of hydrogen-bond acceptors (Lipinski definition) is 3. The summed E-state index contributed by atoms with van der Waals surface area (Å²) in [6.07, 6.45) is 0. The quantitative estimate of drug-likeness (QED) is 0.801. The number of likely N-dealkylation sites (N-methyl/N-ethyl adjacent to an activating group) is 1. The molecule has 0 radical (unpaired) electrons. The predicted octanol–water partition coefficient (Wildman–Crippen LogP) is 4.41. The van der Waals surface area contributed by atoms with Gasteiger partial charge in [-0.15, -0.1) is 0 Å². The second-order valence-corrected chi connectivity index (χ2v) is 5.26. The lowest BCUT2D eigenvalue weighted by atomic mass is 10.2. The molecule has 0 saturated heterocycles. The van der Waals surface area contributed by atoms with E-state index in [0.717, 1.165) is 5.69 Å². The van der Waals surface area contributed by atoms with Crippen molar-refractivity contribution in [1.82, 2.24) is 0 Å². The monoisotopic (exact) mass is 354 g/mol. The zero-order valence-corrected chi connectivity index (χ0v) is 13.8. The molecule has 0 aromatic heterocycles. The van der Waals surface area contributed by atoms with E-state index in [-0.39, 0.29) is 23.2 Å². The Kier molecular flexibility index (Phi) is 6.37. The van der Waals surface area contributed by atoms with Gasteiger partial charge in [-0.2, -0.15) is 8.78 Å². The van der Waals surface area contributed by atoms with Crippen LogP contribution in [0, 0.1) is 0 Å². The Labute approximate surface area is 144 Å². The number of hydrogen-bond donors (Lipinski definition) is 1. The van der Waals surface area contributed by atoms with E-state index >= 15 is 0 Å². The summed E-state index contributed by atoms with van der Waals surface area (Å²) in [4.78, 5) is 14.0. The van der Waals surface area contributed by atoms with Crippen LogP contribution in [0.3, 0.4) is 0 Å². The molecule has 0 aliphatic rings. The maximum absolute atomic E-state index is 12.4. The average Bonchev–Trinajstić information content (AvgIpc) is 2.56. The largest absolute Gasteiger partial charge is 0.433 e. The highest BCUT2D eigenvalue weighted by Crippen LogP contribution is 2.28. The van der Waals surface area contributed by atoms with Crippen LogP contribution in [-0.2, 0) is 4.79 Å². The fraction of sp³-hybridized carbons (Fsp3) is 0.235. The van der Waals surface area contributed by atoms with Crippen molar-refractivity contribution in [3.05, 3.63) is 53.6 Å². The minimum absolute atomic E-state index is 0.0446. The molecule has 0 fully saturated rings. The number of benzene rings is 2. The standard InChI is InChI=1S/C17H17ClF2N2O2/c1-2-22(13-6-4-3-5-7-13)16(23)11-21-12-8-9-15(14(18)10-12)24-17(19)20/h3-10,17,21H,2,11H2,1H3. The van der Waals surface area contributed by atoms with Crippen LogP contribution in [0.5, 0.6) is 5.75 Å². The van der Waals surface area contributed by atoms with E-state index in [1.165, 1.54) is 18.2 Å². The van der Waals surface area contributed by atoms with Gasteiger partial charge in [-0.25, -0.2) is 0 Å². The lowest BCUT2D eigenvalue weighted by Gasteiger charge is -2.21. The number of amides is 1. The van der Waals surface area contributed by atoms with Crippen molar-refractivity contribution in [3.63, 3.8) is 0 Å². The number of nitrogens with one attached hydrogen (secondary N) is 1. The van der Waals surface area contributed by atoms with Crippen molar-refractivity contribution in [3.8, 4) is 5.75 Å². The van der Waals surface area contributed by atoms with E-state index in [1.54, 1.807) is 4.90 Å². The van der Waals surface area contributed by atoms with Crippen molar-refractivity contribution in [2.75, 3.05) is 23.3 Å². The van der Waals surface area contributed by atoms with Gasteiger partial charge in [0.25, 0.3) is 0 Å². The van der Waals surface area contributed by atoms with Gasteiger partial charge >= 0.3 is 6.61 Å². The van der Waals surface area contributed by atoms with Gasteiger partial charge in [0.15, 0.2) is 0 Å². The first-order chi connectivity index (χ1) is 11.5. The van der Waals surface area contributed by atoms with Crippen molar-refractivity contribution >= 4 is 28.9 Å². The molecule has 0 aliphatic carbocycles. The molecule has 0 bridgehead atoms. The van der Waals surface area contributed by atoms with Crippen LogP contribution in [0.25, 0.3) is 0 Å². The highest BCUT2D eigenvalue weighted by Gasteiger charge is 2.14. The van der Waals surface area contributed by atoms with Crippen LogP contribution >= 0.6 is 11.6 Å². The van der Waals surface area contributed by atoms with Gasteiger partial charge in [-0.05, 0) is 37.3 Å². The molecule has 128 valence electrons. The van der Waals surface area contributed by atoms with Crippen molar-refractivity contribution < 1.29 is 18.3 Å². The van der Waals surface area contributed by atoms with Crippen LogP contribution in [0.15, 0.2) is 48.5 Å². The highest BCUT2D eigenvalue weighted by atomic mass is 35.5. The summed E-state index contributed by atoms with van der Waals surface area (Å²) in [5.74, 6) is -0.226. The molecule has 24 heavy (non-hydrogen) atoms. The predicted molar refractivity (Wildman–Crippen MR) is 91.0 cm³/mol. The van der Waals surface area contributed by atoms with E-state index in [1.807, 2.05) is 37.3 Å². The molecule has 0 saturated carbocycles. The van der Waals surface area contributed by atoms with Gasteiger partial charge in [-0.1, -0.05) is 29.8 Å². The first kappa shape index (κ1) is 18.0. The number of carbonyl (C=O) groups excluding carboxylic acids is 1. The Bertz CT molecular complexity index is 684. The summed E-state index contributed by atoms with van der Waals surface area (Å²) >= 11 is 5.88. The first-order valence-electron chi connectivity index (χ1n) is 7.35. The summed E-state index contributed by atoms with van der Waals surface area (Å²) in [5, 5.41) is 2.98. The van der Waals surface area contributed by atoms with Crippen LogP contribution < -0.4 is 15.0 Å². The van der Waals surface area contributed by atoms with E-state index in [4.69, 9.17) is 11.6 Å². The summed E-state index contributed by atoms with van der Waals surface area (Å²) in [6.45, 7) is -0.467. The molecular weight excluding hydrogens is 338 g/mol. The van der Waals surface area contributed by atoms with Crippen LogP contribution in [0.1, 0.15) is 6.92 Å². The SMILES string of the molecule is CCN(C(=O)CNc1ccc(OC(F)F)c(Cl)c1)c1ccccc1. The van der Waals surface area contributed by atoms with Gasteiger partial charge in [-0.3, -0.25) is 4.79 Å². The van der Waals surface area contributed by atoms with Crippen LogP contribution in [0.2, 0.25) is 5.02 Å². The summed E-state index contributed by atoms with van der Waals surface area (Å²) < 4.78 is 28.7. The van der Waals surface area contributed by atoms with Crippen LogP contribution in [-0.4, -0.2) is 25.6 Å². The minimum atomic E-state index is -2.94. The lowest BCUT2D eigenvalue weighted by molar-refractivity contribution is -0.116. The number of carbonyl (C=O) groups is 1. The molecule has 0 aliphatic heterocycles. The van der Waals surface area contributed by atoms with Gasteiger partial charge in [0.1, 0.15) is 5.75 Å². The van der Waals surface area contributed by atoms with Crippen molar-refractivity contribution in [2.24, 2.45) is 0 Å². The summed E-state index contributed by atoms with van der Waals surface area (Å²) in [7, 11) is 0.